The van der Waals surface area contributed by atoms with Crippen molar-refractivity contribution >= 4 is 22.6 Å². The van der Waals surface area contributed by atoms with Crippen molar-refractivity contribution in [3.05, 3.63) is 33.9 Å². The highest BCUT2D eigenvalue weighted by molar-refractivity contribution is 5.97. The summed E-state index contributed by atoms with van der Waals surface area (Å²) in [5, 5.41) is 9.32. The first-order valence-electron chi connectivity index (χ1n) is 8.01. The van der Waals surface area contributed by atoms with E-state index in [4.69, 9.17) is 4.74 Å². The number of nitrogens with zero attached hydrogens (tertiary/aromatic N) is 2. The smallest absolute Gasteiger partial charge is 0.341 e. The lowest BCUT2D eigenvalue weighted by atomic mass is 10.1. The average Bonchev–Trinajstić information content (AvgIpc) is 3.06. The molecule has 0 aliphatic carbocycles. The van der Waals surface area contributed by atoms with Gasteiger partial charge >= 0.3 is 5.97 Å². The molecule has 6 nitrogen and oxygen atoms in total. The SMILES string of the molecule is CC1COc2c(N3CCCC3)c(F)cc3c(=O)c(C(=O)O)cn1c23. The van der Waals surface area contributed by atoms with Crippen molar-refractivity contribution in [1.82, 2.24) is 4.57 Å². The lowest BCUT2D eigenvalue weighted by Crippen LogP contribution is -2.29. The molecule has 0 saturated carbocycles. The van der Waals surface area contributed by atoms with Crippen LogP contribution in [0, 0.1) is 5.82 Å². The predicted octanol–water partition coefficient (Wildman–Crippen LogP) is 2.39. The normalized spacial score (nSPS) is 19.6. The van der Waals surface area contributed by atoms with Crippen LogP contribution in [0.15, 0.2) is 17.1 Å². The van der Waals surface area contributed by atoms with Gasteiger partial charge in [-0.2, -0.15) is 0 Å². The number of hydrogen-bond acceptors (Lipinski definition) is 4. The molecular formula is C17H17FN2O4. The van der Waals surface area contributed by atoms with E-state index in [2.05, 4.69) is 0 Å². The van der Waals surface area contributed by atoms with Gasteiger partial charge in [0.05, 0.1) is 16.9 Å². The van der Waals surface area contributed by atoms with Crippen LogP contribution in [0.2, 0.25) is 0 Å². The van der Waals surface area contributed by atoms with E-state index in [0.29, 0.717) is 23.6 Å². The molecule has 2 aromatic rings. The van der Waals surface area contributed by atoms with Gasteiger partial charge in [0.15, 0.2) is 11.6 Å². The van der Waals surface area contributed by atoms with E-state index in [9.17, 15) is 19.1 Å². The Morgan fingerprint density at radius 1 is 1.38 bits per heavy atom. The molecule has 1 aromatic heterocycles. The monoisotopic (exact) mass is 332 g/mol. The van der Waals surface area contributed by atoms with E-state index < -0.39 is 17.2 Å². The highest BCUT2D eigenvalue weighted by Crippen LogP contribution is 2.42. The van der Waals surface area contributed by atoms with Crippen LogP contribution < -0.4 is 15.1 Å². The Labute approximate surface area is 137 Å². The Morgan fingerprint density at radius 3 is 2.75 bits per heavy atom. The van der Waals surface area contributed by atoms with Gasteiger partial charge in [-0.05, 0) is 25.8 Å². The largest absolute Gasteiger partial charge is 0.487 e. The van der Waals surface area contributed by atoms with Gasteiger partial charge < -0.3 is 19.3 Å². The number of carboxylic acid groups (broad SMARTS) is 1. The van der Waals surface area contributed by atoms with Crippen molar-refractivity contribution in [3.8, 4) is 5.75 Å². The van der Waals surface area contributed by atoms with Crippen LogP contribution in [0.1, 0.15) is 36.2 Å². The quantitative estimate of drug-likeness (QED) is 0.914. The Hall–Kier alpha value is -2.57. The molecule has 1 aromatic carbocycles. The highest BCUT2D eigenvalue weighted by atomic mass is 19.1. The fourth-order valence-corrected chi connectivity index (χ4v) is 3.60. The number of carbonyl (C=O) groups is 1. The summed E-state index contributed by atoms with van der Waals surface area (Å²) in [5.74, 6) is -1.51. The minimum Gasteiger partial charge on any atom is -0.487 e. The Kier molecular flexibility index (Phi) is 3.26. The summed E-state index contributed by atoms with van der Waals surface area (Å²) < 4.78 is 22.3. The third kappa shape index (κ3) is 2.00. The van der Waals surface area contributed by atoms with E-state index in [1.807, 2.05) is 11.8 Å². The average molecular weight is 332 g/mol. The number of rotatable bonds is 2. The molecule has 1 atom stereocenters. The van der Waals surface area contributed by atoms with Crippen molar-refractivity contribution in [2.45, 2.75) is 25.8 Å². The van der Waals surface area contributed by atoms with Crippen LogP contribution in [0.25, 0.3) is 10.9 Å². The molecule has 24 heavy (non-hydrogen) atoms. The van der Waals surface area contributed by atoms with Crippen LogP contribution in [0.4, 0.5) is 10.1 Å². The Bertz CT molecular complexity index is 915. The van der Waals surface area contributed by atoms with Gasteiger partial charge in [0.2, 0.25) is 5.43 Å². The molecule has 0 spiro atoms. The van der Waals surface area contributed by atoms with Gasteiger partial charge in [-0.1, -0.05) is 0 Å². The molecule has 4 rings (SSSR count). The lowest BCUT2D eigenvalue weighted by Gasteiger charge is -2.31. The summed E-state index contributed by atoms with van der Waals surface area (Å²) in [7, 11) is 0. The van der Waals surface area contributed by atoms with E-state index in [1.165, 1.54) is 6.20 Å². The standard InChI is InChI=1S/C17H17FN2O4/c1-9-8-24-16-13-10(15(21)11(17(22)23)7-20(9)13)6-12(18)14(16)19-4-2-3-5-19/h6-7,9H,2-5,8H2,1H3,(H,22,23). The summed E-state index contributed by atoms with van der Waals surface area (Å²) in [5.41, 5.74) is -0.176. The second kappa shape index (κ2) is 5.22. The van der Waals surface area contributed by atoms with Crippen molar-refractivity contribution in [1.29, 1.82) is 0 Å². The second-order valence-corrected chi connectivity index (χ2v) is 6.37. The molecule has 1 saturated heterocycles. The molecule has 0 amide bonds. The molecule has 2 aliphatic rings. The molecule has 1 N–H and O–H groups in total. The van der Waals surface area contributed by atoms with Gasteiger partial charge in [-0.25, -0.2) is 9.18 Å². The lowest BCUT2D eigenvalue weighted by molar-refractivity contribution is 0.0694. The first-order valence-corrected chi connectivity index (χ1v) is 8.01. The Morgan fingerprint density at radius 2 is 2.08 bits per heavy atom. The number of carboxylic acids is 1. The fraction of sp³-hybridized carbons (Fsp3) is 0.412. The number of halogens is 1. The first kappa shape index (κ1) is 15.0. The topological polar surface area (TPSA) is 71.8 Å². The third-order valence-corrected chi connectivity index (χ3v) is 4.79. The van der Waals surface area contributed by atoms with Crippen molar-refractivity contribution in [2.24, 2.45) is 0 Å². The number of pyridine rings is 1. The third-order valence-electron chi connectivity index (χ3n) is 4.79. The molecule has 7 heteroatoms. The number of aromatic nitrogens is 1. The van der Waals surface area contributed by atoms with Crippen molar-refractivity contribution in [3.63, 3.8) is 0 Å². The summed E-state index contributed by atoms with van der Waals surface area (Å²) >= 11 is 0. The molecule has 126 valence electrons. The molecule has 1 fully saturated rings. The number of hydrogen-bond donors (Lipinski definition) is 1. The van der Waals surface area contributed by atoms with Gasteiger partial charge in [0.25, 0.3) is 0 Å². The zero-order valence-electron chi connectivity index (χ0n) is 13.2. The van der Waals surface area contributed by atoms with Crippen molar-refractivity contribution < 1.29 is 19.0 Å². The maximum absolute atomic E-state index is 14.8. The molecule has 2 aliphatic heterocycles. The summed E-state index contributed by atoms with van der Waals surface area (Å²) in [6, 6.07) is 1.01. The molecule has 3 heterocycles. The molecular weight excluding hydrogens is 315 g/mol. The van der Waals surface area contributed by atoms with Gasteiger partial charge in [0, 0.05) is 19.3 Å². The van der Waals surface area contributed by atoms with Gasteiger partial charge in [-0.3, -0.25) is 4.79 Å². The van der Waals surface area contributed by atoms with Crippen LogP contribution in [0.3, 0.4) is 0 Å². The molecule has 1 unspecified atom stereocenters. The first-order chi connectivity index (χ1) is 11.5. The van der Waals surface area contributed by atoms with Crippen LogP contribution in [0.5, 0.6) is 5.75 Å². The predicted molar refractivity (Wildman–Crippen MR) is 86.8 cm³/mol. The molecule has 0 radical (unpaired) electrons. The van der Waals surface area contributed by atoms with Gasteiger partial charge in [0.1, 0.15) is 17.9 Å². The minimum absolute atomic E-state index is 0.0527. The van der Waals surface area contributed by atoms with E-state index >= 15 is 0 Å². The zero-order valence-corrected chi connectivity index (χ0v) is 13.2. The zero-order chi connectivity index (χ0) is 17.0. The van der Waals surface area contributed by atoms with Crippen LogP contribution in [-0.4, -0.2) is 35.3 Å². The number of ether oxygens (including phenoxy) is 1. The van der Waals surface area contributed by atoms with Gasteiger partial charge in [-0.15, -0.1) is 0 Å². The summed E-state index contributed by atoms with van der Waals surface area (Å²) in [6.45, 7) is 3.66. The van der Waals surface area contributed by atoms with Crippen molar-refractivity contribution in [2.75, 3.05) is 24.6 Å². The van der Waals surface area contributed by atoms with E-state index in [1.54, 1.807) is 4.57 Å². The number of benzene rings is 1. The maximum atomic E-state index is 14.8. The minimum atomic E-state index is -1.31. The highest BCUT2D eigenvalue weighted by Gasteiger charge is 2.30. The second-order valence-electron chi connectivity index (χ2n) is 6.37. The van der Waals surface area contributed by atoms with E-state index in [0.717, 1.165) is 32.0 Å². The molecule has 0 bridgehead atoms. The summed E-state index contributed by atoms with van der Waals surface area (Å²) in [6.07, 6.45) is 3.31. The number of anilines is 1. The maximum Gasteiger partial charge on any atom is 0.341 e. The Balaban J connectivity index is 2.11. The summed E-state index contributed by atoms with van der Waals surface area (Å²) in [4.78, 5) is 25.8. The van der Waals surface area contributed by atoms with E-state index in [-0.39, 0.29) is 17.0 Å². The van der Waals surface area contributed by atoms with Crippen LogP contribution in [-0.2, 0) is 0 Å². The fourth-order valence-electron chi connectivity index (χ4n) is 3.60. The number of aromatic carboxylic acids is 1. The van der Waals surface area contributed by atoms with Crippen LogP contribution >= 0.6 is 0 Å².